The van der Waals surface area contributed by atoms with Crippen molar-refractivity contribution in [1.82, 2.24) is 15.2 Å². The van der Waals surface area contributed by atoms with Crippen molar-refractivity contribution in [2.45, 2.75) is 51.6 Å². The molecule has 0 bridgehead atoms. The molecule has 1 unspecified atom stereocenters. The summed E-state index contributed by atoms with van der Waals surface area (Å²) in [5.41, 5.74) is 3.05. The van der Waals surface area contributed by atoms with Crippen molar-refractivity contribution in [3.05, 3.63) is 16.1 Å². The number of aromatic nitrogens is 1. The standard InChI is InChI=1S/C15H23N3OS/c1-10-14(20-9-16-10)11(2)17-13-5-7-18(8-6-13)15(19)12-3-4-12/h9,11-13,17H,3-8H2,1-2H3. The largest absolute Gasteiger partial charge is 0.342 e. The Bertz CT molecular complexity index is 475. The highest BCUT2D eigenvalue weighted by Gasteiger charge is 2.35. The van der Waals surface area contributed by atoms with Gasteiger partial charge in [-0.1, -0.05) is 0 Å². The van der Waals surface area contributed by atoms with Crippen LogP contribution in [0.1, 0.15) is 49.2 Å². The summed E-state index contributed by atoms with van der Waals surface area (Å²) in [6.07, 6.45) is 4.36. The van der Waals surface area contributed by atoms with Gasteiger partial charge in [0.15, 0.2) is 0 Å². The second-order valence-electron chi connectivity index (χ2n) is 6.06. The summed E-state index contributed by atoms with van der Waals surface area (Å²) in [6.45, 7) is 6.12. The molecule has 4 nitrogen and oxygen atoms in total. The van der Waals surface area contributed by atoms with Crippen LogP contribution in [0.4, 0.5) is 0 Å². The van der Waals surface area contributed by atoms with Crippen molar-refractivity contribution < 1.29 is 4.79 Å². The number of likely N-dealkylation sites (tertiary alicyclic amines) is 1. The highest BCUT2D eigenvalue weighted by molar-refractivity contribution is 7.09. The van der Waals surface area contributed by atoms with Gasteiger partial charge in [0.2, 0.25) is 5.91 Å². The number of piperidine rings is 1. The molecule has 3 rings (SSSR count). The predicted octanol–water partition coefficient (Wildman–Crippen LogP) is 2.50. The number of hydrogen-bond acceptors (Lipinski definition) is 4. The van der Waals surface area contributed by atoms with Crippen molar-refractivity contribution in [1.29, 1.82) is 0 Å². The van der Waals surface area contributed by atoms with E-state index in [0.717, 1.165) is 44.5 Å². The van der Waals surface area contributed by atoms with Gasteiger partial charge < -0.3 is 10.2 Å². The second-order valence-corrected chi connectivity index (χ2v) is 6.95. The van der Waals surface area contributed by atoms with Crippen molar-refractivity contribution in [2.75, 3.05) is 13.1 Å². The van der Waals surface area contributed by atoms with Crippen molar-refractivity contribution in [3.63, 3.8) is 0 Å². The number of carbonyl (C=O) groups excluding carboxylic acids is 1. The number of aryl methyl sites for hydroxylation is 1. The van der Waals surface area contributed by atoms with E-state index >= 15 is 0 Å². The molecule has 5 heteroatoms. The van der Waals surface area contributed by atoms with Crippen LogP contribution in [0.25, 0.3) is 0 Å². The molecule has 1 aliphatic heterocycles. The molecule has 2 heterocycles. The lowest BCUT2D eigenvalue weighted by molar-refractivity contribution is -0.133. The molecule has 1 atom stereocenters. The van der Waals surface area contributed by atoms with Crippen molar-refractivity contribution >= 4 is 17.2 Å². The van der Waals surface area contributed by atoms with E-state index in [0.29, 0.717) is 23.9 Å². The van der Waals surface area contributed by atoms with Crippen LogP contribution in [-0.2, 0) is 4.79 Å². The van der Waals surface area contributed by atoms with Gasteiger partial charge in [-0.3, -0.25) is 4.79 Å². The number of thiazole rings is 1. The van der Waals surface area contributed by atoms with Crippen LogP contribution >= 0.6 is 11.3 Å². The van der Waals surface area contributed by atoms with Crippen LogP contribution < -0.4 is 5.32 Å². The maximum absolute atomic E-state index is 12.0. The second kappa shape index (κ2) is 5.82. The maximum Gasteiger partial charge on any atom is 0.225 e. The normalized spacial score (nSPS) is 22.0. The zero-order valence-corrected chi connectivity index (χ0v) is 13.1. The van der Waals surface area contributed by atoms with Crippen LogP contribution in [0, 0.1) is 12.8 Å². The molecular weight excluding hydrogens is 270 g/mol. The molecule has 1 N–H and O–H groups in total. The Morgan fingerprint density at radius 3 is 2.65 bits per heavy atom. The van der Waals surface area contributed by atoms with Gasteiger partial charge in [-0.2, -0.15) is 0 Å². The van der Waals surface area contributed by atoms with E-state index in [-0.39, 0.29) is 0 Å². The summed E-state index contributed by atoms with van der Waals surface area (Å²) in [4.78, 5) is 19.7. The molecule has 20 heavy (non-hydrogen) atoms. The number of hydrogen-bond donors (Lipinski definition) is 1. The molecule has 0 aromatic carbocycles. The Balaban J connectivity index is 1.48. The molecule has 1 amide bonds. The van der Waals surface area contributed by atoms with Crippen LogP contribution in [0.15, 0.2) is 5.51 Å². The Labute approximate surface area is 124 Å². The van der Waals surface area contributed by atoms with E-state index in [9.17, 15) is 4.79 Å². The molecule has 110 valence electrons. The van der Waals surface area contributed by atoms with Gasteiger partial charge in [-0.05, 0) is 39.5 Å². The van der Waals surface area contributed by atoms with Gasteiger partial charge in [0.1, 0.15) is 0 Å². The molecule has 1 aromatic rings. The highest BCUT2D eigenvalue weighted by Crippen LogP contribution is 2.32. The molecule has 0 spiro atoms. The minimum absolute atomic E-state index is 0.359. The fourth-order valence-corrected chi connectivity index (χ4v) is 3.83. The zero-order chi connectivity index (χ0) is 14.1. The lowest BCUT2D eigenvalue weighted by Crippen LogP contribution is -2.45. The molecule has 2 fully saturated rings. The van der Waals surface area contributed by atoms with Gasteiger partial charge in [0.25, 0.3) is 0 Å². The Morgan fingerprint density at radius 1 is 1.40 bits per heavy atom. The average molecular weight is 293 g/mol. The summed E-state index contributed by atoms with van der Waals surface area (Å²) in [6, 6.07) is 0.882. The van der Waals surface area contributed by atoms with Gasteiger partial charge in [0, 0.05) is 36.0 Å². The molecule has 1 saturated carbocycles. The first-order valence-corrected chi connectivity index (χ1v) is 8.48. The van der Waals surface area contributed by atoms with Gasteiger partial charge in [-0.25, -0.2) is 4.98 Å². The monoisotopic (exact) mass is 293 g/mol. The molecule has 1 aliphatic carbocycles. The lowest BCUT2D eigenvalue weighted by Gasteiger charge is -2.34. The van der Waals surface area contributed by atoms with E-state index in [1.54, 1.807) is 11.3 Å². The van der Waals surface area contributed by atoms with E-state index in [2.05, 4.69) is 29.0 Å². The van der Waals surface area contributed by atoms with Crippen molar-refractivity contribution in [3.8, 4) is 0 Å². The van der Waals surface area contributed by atoms with E-state index in [4.69, 9.17) is 0 Å². The van der Waals surface area contributed by atoms with E-state index < -0.39 is 0 Å². The smallest absolute Gasteiger partial charge is 0.225 e. The number of amides is 1. The third-order valence-electron chi connectivity index (χ3n) is 4.39. The Kier molecular flexibility index (Phi) is 4.08. The first-order chi connectivity index (χ1) is 9.65. The molecule has 2 aliphatic rings. The first-order valence-electron chi connectivity index (χ1n) is 7.60. The molecule has 0 radical (unpaired) electrons. The van der Waals surface area contributed by atoms with Crippen molar-refractivity contribution in [2.24, 2.45) is 5.92 Å². The first kappa shape index (κ1) is 14.0. The molecule has 1 aromatic heterocycles. The van der Waals surface area contributed by atoms with Gasteiger partial charge >= 0.3 is 0 Å². The quantitative estimate of drug-likeness (QED) is 0.927. The van der Waals surface area contributed by atoms with Gasteiger partial charge in [0.05, 0.1) is 11.2 Å². The number of carbonyl (C=O) groups is 1. The summed E-state index contributed by atoms with van der Waals surface area (Å²) < 4.78 is 0. The predicted molar refractivity (Wildman–Crippen MR) is 80.7 cm³/mol. The third kappa shape index (κ3) is 3.04. The summed E-state index contributed by atoms with van der Waals surface area (Å²) in [5.74, 6) is 0.757. The SMILES string of the molecule is Cc1ncsc1C(C)NC1CCN(C(=O)C2CC2)CC1. The summed E-state index contributed by atoms with van der Waals surface area (Å²) in [7, 11) is 0. The Hall–Kier alpha value is -0.940. The van der Waals surface area contributed by atoms with Crippen LogP contribution in [0.5, 0.6) is 0 Å². The maximum atomic E-state index is 12.0. The molecule has 1 saturated heterocycles. The van der Waals surface area contributed by atoms with Crippen LogP contribution in [0.3, 0.4) is 0 Å². The fourth-order valence-electron chi connectivity index (χ4n) is 3.01. The average Bonchev–Trinajstić information content (AvgIpc) is 3.21. The van der Waals surface area contributed by atoms with Gasteiger partial charge in [-0.15, -0.1) is 11.3 Å². The van der Waals surface area contributed by atoms with E-state index in [1.807, 2.05) is 5.51 Å². The minimum atomic E-state index is 0.359. The van der Waals surface area contributed by atoms with Crippen LogP contribution in [-0.4, -0.2) is 34.9 Å². The molecular formula is C15H23N3OS. The Morgan fingerprint density at radius 2 is 2.10 bits per heavy atom. The minimum Gasteiger partial charge on any atom is -0.342 e. The number of rotatable bonds is 4. The van der Waals surface area contributed by atoms with Crippen LogP contribution in [0.2, 0.25) is 0 Å². The van der Waals surface area contributed by atoms with E-state index in [1.165, 1.54) is 4.88 Å². The summed E-state index contributed by atoms with van der Waals surface area (Å²) >= 11 is 1.73. The number of nitrogens with one attached hydrogen (secondary N) is 1. The highest BCUT2D eigenvalue weighted by atomic mass is 32.1. The fraction of sp³-hybridized carbons (Fsp3) is 0.733. The topological polar surface area (TPSA) is 45.2 Å². The zero-order valence-electron chi connectivity index (χ0n) is 12.3. The third-order valence-corrected chi connectivity index (χ3v) is 5.51. The summed E-state index contributed by atoms with van der Waals surface area (Å²) in [5, 5.41) is 3.70. The number of nitrogens with zero attached hydrogens (tertiary/aromatic N) is 2. The lowest BCUT2D eigenvalue weighted by atomic mass is 10.0.